The van der Waals surface area contributed by atoms with Gasteiger partial charge in [0.15, 0.2) is 0 Å². The van der Waals surface area contributed by atoms with E-state index in [0.717, 1.165) is 23.6 Å². The number of phenols is 1. The van der Waals surface area contributed by atoms with Crippen molar-refractivity contribution in [1.82, 2.24) is 0 Å². The number of aromatic hydroxyl groups is 1. The predicted molar refractivity (Wildman–Crippen MR) is 126 cm³/mol. The molecule has 9 heteroatoms. The number of carbonyl (C=O) groups is 1. The first kappa shape index (κ1) is 24.0. The van der Waals surface area contributed by atoms with Gasteiger partial charge in [-0.1, -0.05) is 11.6 Å². The number of hydrogen-bond acceptors (Lipinski definition) is 6. The van der Waals surface area contributed by atoms with Gasteiger partial charge in [-0.3, -0.25) is 4.79 Å². The Morgan fingerprint density at radius 3 is 2.62 bits per heavy atom. The first-order chi connectivity index (χ1) is 15.2. The highest BCUT2D eigenvalue weighted by molar-refractivity contribution is 9.10. The summed E-state index contributed by atoms with van der Waals surface area (Å²) in [5.74, 6) is -1.24. The van der Waals surface area contributed by atoms with Crippen molar-refractivity contribution in [3.05, 3.63) is 69.7 Å². The Bertz CT molecular complexity index is 1160. The fraction of sp³-hybridized carbons (Fsp3) is 0.174. The lowest BCUT2D eigenvalue weighted by atomic mass is 10.0. The number of benzene rings is 3. The molecule has 0 saturated heterocycles. The van der Waals surface area contributed by atoms with Crippen LogP contribution in [0.5, 0.6) is 11.5 Å². The van der Waals surface area contributed by atoms with E-state index in [2.05, 4.69) is 20.7 Å². The van der Waals surface area contributed by atoms with E-state index in [1.165, 1.54) is 18.2 Å². The maximum absolute atomic E-state index is 14.8. The highest BCUT2D eigenvalue weighted by Gasteiger charge is 2.18. The third-order valence-corrected chi connectivity index (χ3v) is 6.06. The molecule has 5 nitrogen and oxygen atoms in total. The Balaban J connectivity index is 1.99. The molecule has 3 rings (SSSR count). The van der Waals surface area contributed by atoms with Crippen LogP contribution in [0.15, 0.2) is 51.8 Å². The SMILES string of the molecule is Cc1ccc(OC(C)CN)c(-c2cc(NSc3cc(C=O)cc(Br)c3O)c(F)cc2F)c1. The molecule has 0 heterocycles. The molecule has 0 aromatic heterocycles. The molecule has 0 amide bonds. The number of aldehydes is 1. The number of rotatable bonds is 8. The second-order valence-electron chi connectivity index (χ2n) is 7.15. The van der Waals surface area contributed by atoms with Crippen molar-refractivity contribution in [2.45, 2.75) is 24.8 Å². The lowest BCUT2D eigenvalue weighted by molar-refractivity contribution is 0.112. The summed E-state index contributed by atoms with van der Waals surface area (Å²) < 4.78 is 38.3. The third kappa shape index (κ3) is 5.40. The van der Waals surface area contributed by atoms with Gasteiger partial charge in [-0.25, -0.2) is 8.78 Å². The smallest absolute Gasteiger partial charge is 0.150 e. The number of ether oxygens (including phenoxy) is 1. The van der Waals surface area contributed by atoms with E-state index in [1.807, 2.05) is 13.0 Å². The van der Waals surface area contributed by atoms with Crippen LogP contribution in [-0.4, -0.2) is 24.0 Å². The van der Waals surface area contributed by atoms with Gasteiger partial charge in [0.1, 0.15) is 35.5 Å². The molecule has 3 aromatic carbocycles. The third-order valence-electron chi connectivity index (χ3n) is 4.60. The van der Waals surface area contributed by atoms with E-state index < -0.39 is 11.6 Å². The van der Waals surface area contributed by atoms with Crippen molar-refractivity contribution >= 4 is 39.9 Å². The van der Waals surface area contributed by atoms with Crippen LogP contribution in [0.3, 0.4) is 0 Å². The standard InChI is InChI=1S/C23H21BrF2N2O3S/c1-12-3-4-21(31-13(2)10-27)16(5-12)15-8-20(19(26)9-18(15)25)28-32-22-7-14(11-29)6-17(24)23(22)30/h3-9,11,13,28,30H,10,27H2,1-2H3. The van der Waals surface area contributed by atoms with E-state index >= 15 is 0 Å². The van der Waals surface area contributed by atoms with Crippen LogP contribution in [0.2, 0.25) is 0 Å². The summed E-state index contributed by atoms with van der Waals surface area (Å²) in [6.45, 7) is 3.94. The zero-order chi connectivity index (χ0) is 23.4. The predicted octanol–water partition coefficient (Wildman–Crippen LogP) is 6.07. The van der Waals surface area contributed by atoms with Crippen molar-refractivity contribution in [3.8, 4) is 22.6 Å². The van der Waals surface area contributed by atoms with Crippen molar-refractivity contribution in [2.75, 3.05) is 11.3 Å². The normalized spacial score (nSPS) is 11.8. The summed E-state index contributed by atoms with van der Waals surface area (Å²) in [5.41, 5.74) is 7.45. The Labute approximate surface area is 197 Å². The molecule has 0 aliphatic rings. The number of carbonyl (C=O) groups excluding carboxylic acids is 1. The molecular weight excluding hydrogens is 502 g/mol. The van der Waals surface area contributed by atoms with E-state index in [0.29, 0.717) is 32.5 Å². The molecule has 1 atom stereocenters. The molecule has 1 unspecified atom stereocenters. The van der Waals surface area contributed by atoms with Crippen LogP contribution in [0.25, 0.3) is 11.1 Å². The molecular formula is C23H21BrF2N2O3S. The molecule has 0 aliphatic heterocycles. The molecule has 0 bridgehead atoms. The minimum absolute atomic E-state index is 0.00208. The summed E-state index contributed by atoms with van der Waals surface area (Å²) in [5, 5.41) is 10.2. The van der Waals surface area contributed by atoms with Gasteiger partial charge in [0.05, 0.1) is 15.1 Å². The van der Waals surface area contributed by atoms with Crippen LogP contribution in [0.1, 0.15) is 22.8 Å². The van der Waals surface area contributed by atoms with Gasteiger partial charge in [-0.2, -0.15) is 0 Å². The summed E-state index contributed by atoms with van der Waals surface area (Å²) in [4.78, 5) is 11.4. The number of hydrogen-bond donors (Lipinski definition) is 3. The average molecular weight is 523 g/mol. The van der Waals surface area contributed by atoms with Crippen molar-refractivity contribution in [3.63, 3.8) is 0 Å². The molecule has 0 radical (unpaired) electrons. The Hall–Kier alpha value is -2.62. The van der Waals surface area contributed by atoms with E-state index in [-0.39, 0.29) is 29.6 Å². The van der Waals surface area contributed by atoms with Crippen molar-refractivity contribution < 1.29 is 23.4 Å². The minimum Gasteiger partial charge on any atom is -0.506 e. The minimum atomic E-state index is -0.811. The first-order valence-electron chi connectivity index (χ1n) is 9.60. The van der Waals surface area contributed by atoms with Gasteiger partial charge in [0, 0.05) is 29.3 Å². The molecule has 4 N–H and O–H groups in total. The number of phenolic OH excluding ortho intramolecular Hbond substituents is 1. The fourth-order valence-electron chi connectivity index (χ4n) is 2.91. The largest absolute Gasteiger partial charge is 0.506 e. The van der Waals surface area contributed by atoms with Crippen molar-refractivity contribution in [1.29, 1.82) is 0 Å². The number of halogens is 3. The second-order valence-corrected chi connectivity index (χ2v) is 8.85. The van der Waals surface area contributed by atoms with E-state index in [9.17, 15) is 18.7 Å². The van der Waals surface area contributed by atoms with Gasteiger partial charge in [-0.05, 0) is 72.1 Å². The highest BCUT2D eigenvalue weighted by atomic mass is 79.9. The number of nitrogens with two attached hydrogens (primary N) is 1. The molecule has 0 fully saturated rings. The van der Waals surface area contributed by atoms with Crippen LogP contribution < -0.4 is 15.2 Å². The van der Waals surface area contributed by atoms with Gasteiger partial charge in [0.2, 0.25) is 0 Å². The zero-order valence-electron chi connectivity index (χ0n) is 17.3. The molecule has 0 saturated carbocycles. The quantitative estimate of drug-likeness (QED) is 0.246. The molecule has 3 aromatic rings. The Morgan fingerprint density at radius 2 is 1.94 bits per heavy atom. The average Bonchev–Trinajstić information content (AvgIpc) is 2.76. The topological polar surface area (TPSA) is 84.6 Å². The van der Waals surface area contributed by atoms with Gasteiger partial charge in [0.25, 0.3) is 0 Å². The fourth-order valence-corrected chi connectivity index (χ4v) is 4.29. The highest BCUT2D eigenvalue weighted by Crippen LogP contribution is 2.39. The van der Waals surface area contributed by atoms with Crippen LogP contribution in [0, 0.1) is 18.6 Å². The molecule has 0 aliphatic carbocycles. The van der Waals surface area contributed by atoms with Gasteiger partial charge < -0.3 is 20.3 Å². The van der Waals surface area contributed by atoms with Crippen molar-refractivity contribution in [2.24, 2.45) is 5.73 Å². The Morgan fingerprint density at radius 1 is 1.19 bits per heavy atom. The monoisotopic (exact) mass is 522 g/mol. The van der Waals surface area contributed by atoms with Gasteiger partial charge in [-0.15, -0.1) is 0 Å². The summed E-state index contributed by atoms with van der Waals surface area (Å²) in [6.07, 6.45) is 0.339. The van der Waals surface area contributed by atoms with Gasteiger partial charge >= 0.3 is 0 Å². The van der Waals surface area contributed by atoms with E-state index in [1.54, 1.807) is 19.1 Å². The molecule has 168 valence electrons. The summed E-state index contributed by atoms with van der Waals surface area (Å²) in [7, 11) is 0. The van der Waals surface area contributed by atoms with Crippen LogP contribution in [0.4, 0.5) is 14.5 Å². The van der Waals surface area contributed by atoms with Crippen LogP contribution >= 0.6 is 27.9 Å². The number of nitrogens with one attached hydrogen (secondary N) is 1. The molecule has 0 spiro atoms. The zero-order valence-corrected chi connectivity index (χ0v) is 19.7. The summed E-state index contributed by atoms with van der Waals surface area (Å²) in [6, 6.07) is 10.3. The molecule has 32 heavy (non-hydrogen) atoms. The second kappa shape index (κ2) is 10.3. The maximum atomic E-state index is 14.8. The van der Waals surface area contributed by atoms with Crippen LogP contribution in [-0.2, 0) is 0 Å². The maximum Gasteiger partial charge on any atom is 0.150 e. The lowest BCUT2D eigenvalue weighted by Gasteiger charge is -2.18. The lowest BCUT2D eigenvalue weighted by Crippen LogP contribution is -2.23. The summed E-state index contributed by atoms with van der Waals surface area (Å²) >= 11 is 4.06. The number of aryl methyl sites for hydroxylation is 1. The number of anilines is 1. The Kier molecular flexibility index (Phi) is 7.76. The van der Waals surface area contributed by atoms with E-state index in [4.69, 9.17) is 10.5 Å². The first-order valence-corrected chi connectivity index (χ1v) is 11.2.